The standard InChI is InChI=1S/C28H36N6O6S/c1-5-6-13-32-25-24(30-28(32)31-12-8-10-21(29)17-31)26(36)33(14-15-41(4,38)39)34(27(25)37)18-23(35)20-9-7-11-22(16-20)40-19(2)3/h7,9,11,16,19,21H,8,10,12-15,17-18,29H2,1-4H3. The van der Waals surface area contributed by atoms with Gasteiger partial charge in [-0.3, -0.25) is 19.0 Å². The minimum absolute atomic E-state index is 0.00666. The van der Waals surface area contributed by atoms with E-state index in [4.69, 9.17) is 10.5 Å². The van der Waals surface area contributed by atoms with Crippen LogP contribution < -0.4 is 26.5 Å². The van der Waals surface area contributed by atoms with E-state index in [2.05, 4.69) is 16.8 Å². The molecule has 1 saturated heterocycles. The zero-order chi connectivity index (χ0) is 29.9. The number of carbonyl (C=O) groups is 1. The average Bonchev–Trinajstić information content (AvgIpc) is 3.29. The zero-order valence-corrected chi connectivity index (χ0v) is 24.6. The van der Waals surface area contributed by atoms with Gasteiger partial charge in [-0.05, 0) is 45.7 Å². The van der Waals surface area contributed by atoms with Gasteiger partial charge in [0.2, 0.25) is 5.95 Å². The lowest BCUT2D eigenvalue weighted by Crippen LogP contribution is -2.44. The molecule has 13 heteroatoms. The van der Waals surface area contributed by atoms with E-state index in [1.807, 2.05) is 18.7 Å². The van der Waals surface area contributed by atoms with E-state index < -0.39 is 39.0 Å². The number of hydrogen-bond donors (Lipinski definition) is 1. The summed E-state index contributed by atoms with van der Waals surface area (Å²) >= 11 is 0. The number of Topliss-reactive ketones (excluding diaryl/α,β-unsaturated/α-hetero) is 1. The number of carbonyl (C=O) groups excluding carboxylic acids is 1. The number of piperidine rings is 1. The van der Waals surface area contributed by atoms with Crippen molar-refractivity contribution in [2.24, 2.45) is 5.73 Å². The van der Waals surface area contributed by atoms with Crippen LogP contribution in [0.3, 0.4) is 0 Å². The first-order valence-corrected chi connectivity index (χ1v) is 15.6. The first-order chi connectivity index (χ1) is 19.4. The molecule has 3 aromatic rings. The van der Waals surface area contributed by atoms with Crippen LogP contribution in [0.2, 0.25) is 0 Å². The number of rotatable bonds is 10. The highest BCUT2D eigenvalue weighted by Gasteiger charge is 2.27. The number of aromatic nitrogens is 4. The maximum atomic E-state index is 14.1. The molecule has 0 aliphatic carbocycles. The largest absolute Gasteiger partial charge is 0.491 e. The lowest BCUT2D eigenvalue weighted by atomic mass is 10.1. The minimum Gasteiger partial charge on any atom is -0.491 e. The third kappa shape index (κ3) is 6.89. The van der Waals surface area contributed by atoms with Crippen molar-refractivity contribution >= 4 is 32.6 Å². The van der Waals surface area contributed by atoms with Crippen LogP contribution >= 0.6 is 0 Å². The maximum absolute atomic E-state index is 14.1. The molecule has 0 spiro atoms. The highest BCUT2D eigenvalue weighted by atomic mass is 32.2. The SMILES string of the molecule is CC#CCn1c(N2CCCC(N)C2)nc2c(=O)n(CCS(C)(=O)=O)n(CC(=O)c3cccc(OC(C)C)c3)c(=O)c21. The summed E-state index contributed by atoms with van der Waals surface area (Å²) < 4.78 is 33.3. The summed E-state index contributed by atoms with van der Waals surface area (Å²) in [5, 5.41) is 0. The molecule has 1 aliphatic rings. The van der Waals surface area contributed by atoms with Crippen molar-refractivity contribution < 1.29 is 17.9 Å². The molecule has 1 aromatic carbocycles. The van der Waals surface area contributed by atoms with Crippen molar-refractivity contribution in [1.29, 1.82) is 0 Å². The van der Waals surface area contributed by atoms with Gasteiger partial charge >= 0.3 is 0 Å². The Morgan fingerprint density at radius 3 is 2.63 bits per heavy atom. The van der Waals surface area contributed by atoms with Crippen molar-refractivity contribution in [3.8, 4) is 17.6 Å². The van der Waals surface area contributed by atoms with Crippen molar-refractivity contribution in [3.05, 3.63) is 50.5 Å². The van der Waals surface area contributed by atoms with Gasteiger partial charge in [-0.2, -0.15) is 0 Å². The average molecular weight is 585 g/mol. The van der Waals surface area contributed by atoms with Gasteiger partial charge in [-0.25, -0.2) is 22.8 Å². The molecule has 1 unspecified atom stereocenters. The summed E-state index contributed by atoms with van der Waals surface area (Å²) in [6.07, 6.45) is 2.60. The number of benzene rings is 1. The van der Waals surface area contributed by atoms with Crippen molar-refractivity contribution in [3.63, 3.8) is 0 Å². The fourth-order valence-corrected chi connectivity index (χ4v) is 5.39. The number of fused-ring (bicyclic) bond motifs is 1. The van der Waals surface area contributed by atoms with Crippen LogP contribution in [0.5, 0.6) is 5.75 Å². The van der Waals surface area contributed by atoms with Crippen LogP contribution in [0.4, 0.5) is 5.95 Å². The van der Waals surface area contributed by atoms with Crippen molar-refractivity contribution in [2.45, 2.75) is 65.4 Å². The first kappa shape index (κ1) is 30.1. The topological polar surface area (TPSA) is 152 Å². The zero-order valence-electron chi connectivity index (χ0n) is 23.8. The summed E-state index contributed by atoms with van der Waals surface area (Å²) in [7, 11) is -3.50. The van der Waals surface area contributed by atoms with Crippen molar-refractivity contribution in [2.75, 3.05) is 30.0 Å². The number of nitrogens with zero attached hydrogens (tertiary/aromatic N) is 5. The molecule has 12 nitrogen and oxygen atoms in total. The van der Waals surface area contributed by atoms with Crippen molar-refractivity contribution in [1.82, 2.24) is 18.9 Å². The van der Waals surface area contributed by atoms with Gasteiger partial charge < -0.3 is 15.4 Å². The second kappa shape index (κ2) is 12.3. The molecule has 0 amide bonds. The molecule has 41 heavy (non-hydrogen) atoms. The fraction of sp³-hybridized carbons (Fsp3) is 0.500. The molecule has 2 aromatic heterocycles. The second-order valence-corrected chi connectivity index (χ2v) is 12.8. The Morgan fingerprint density at radius 1 is 1.22 bits per heavy atom. The quantitative estimate of drug-likeness (QED) is 0.272. The van der Waals surface area contributed by atoms with Gasteiger partial charge in [0.25, 0.3) is 11.1 Å². The molecule has 2 N–H and O–H groups in total. The third-order valence-corrected chi connectivity index (χ3v) is 7.69. The fourth-order valence-electron chi connectivity index (χ4n) is 4.89. The summed E-state index contributed by atoms with van der Waals surface area (Å²) in [5.41, 5.74) is 5.07. The Morgan fingerprint density at radius 2 is 1.98 bits per heavy atom. The van der Waals surface area contributed by atoms with Gasteiger partial charge in [-0.1, -0.05) is 18.1 Å². The number of ketones is 1. The minimum atomic E-state index is -3.50. The normalized spacial score (nSPS) is 15.7. The number of sulfone groups is 1. The van der Waals surface area contributed by atoms with Crippen LogP contribution in [-0.2, 0) is 29.5 Å². The van der Waals surface area contributed by atoms with E-state index in [1.165, 1.54) is 0 Å². The Bertz CT molecular complexity index is 1740. The first-order valence-electron chi connectivity index (χ1n) is 13.5. The number of anilines is 1. The number of imidazole rings is 1. The molecule has 1 fully saturated rings. The maximum Gasteiger partial charge on any atom is 0.293 e. The number of ether oxygens (including phenoxy) is 1. The van der Waals surface area contributed by atoms with Gasteiger partial charge in [-0.15, -0.1) is 5.92 Å². The Kier molecular flexibility index (Phi) is 9.04. The summed E-state index contributed by atoms with van der Waals surface area (Å²) in [5.74, 6) is 5.79. The Hall–Kier alpha value is -3.89. The van der Waals surface area contributed by atoms with Gasteiger partial charge in [0.05, 0.1) is 24.9 Å². The van der Waals surface area contributed by atoms with Gasteiger partial charge in [0, 0.05) is 31.0 Å². The Balaban J connectivity index is 1.90. The number of nitrogens with two attached hydrogens (primary N) is 1. The van der Waals surface area contributed by atoms with E-state index in [0.717, 1.165) is 28.5 Å². The molecule has 0 saturated carbocycles. The second-order valence-electron chi connectivity index (χ2n) is 10.5. The predicted octanol–water partition coefficient (Wildman–Crippen LogP) is 1.03. The highest BCUT2D eigenvalue weighted by molar-refractivity contribution is 7.90. The molecule has 1 atom stereocenters. The van der Waals surface area contributed by atoms with E-state index in [-0.39, 0.29) is 41.8 Å². The van der Waals surface area contributed by atoms with E-state index >= 15 is 0 Å². The summed E-state index contributed by atoms with van der Waals surface area (Å²) in [6.45, 7) is 5.81. The van der Waals surface area contributed by atoms with Crippen LogP contribution in [0.1, 0.15) is 44.0 Å². The van der Waals surface area contributed by atoms with E-state index in [0.29, 0.717) is 24.8 Å². The van der Waals surface area contributed by atoms with E-state index in [9.17, 15) is 22.8 Å². The van der Waals surface area contributed by atoms with Crippen LogP contribution in [0, 0.1) is 11.8 Å². The van der Waals surface area contributed by atoms with Gasteiger partial charge in [0.15, 0.2) is 11.3 Å². The van der Waals surface area contributed by atoms with Crippen LogP contribution in [0.25, 0.3) is 11.0 Å². The predicted molar refractivity (Wildman–Crippen MR) is 157 cm³/mol. The molecule has 4 rings (SSSR count). The molecule has 0 bridgehead atoms. The molecule has 220 valence electrons. The smallest absolute Gasteiger partial charge is 0.293 e. The van der Waals surface area contributed by atoms with E-state index in [1.54, 1.807) is 35.8 Å². The lowest BCUT2D eigenvalue weighted by Gasteiger charge is -2.31. The molecule has 3 heterocycles. The molecule has 0 radical (unpaired) electrons. The number of hydrogen-bond acceptors (Lipinski definition) is 9. The van der Waals surface area contributed by atoms with Crippen LogP contribution in [-0.4, -0.2) is 70.4 Å². The Labute approximate surface area is 238 Å². The molecule has 1 aliphatic heterocycles. The van der Waals surface area contributed by atoms with Gasteiger partial charge in [0.1, 0.15) is 27.6 Å². The highest BCUT2D eigenvalue weighted by Crippen LogP contribution is 2.22. The third-order valence-electron chi connectivity index (χ3n) is 6.76. The summed E-state index contributed by atoms with van der Waals surface area (Å²) in [6, 6.07) is 6.46. The molecular formula is C28H36N6O6S. The lowest BCUT2D eigenvalue weighted by molar-refractivity contribution is 0.0958. The monoisotopic (exact) mass is 584 g/mol. The molecular weight excluding hydrogens is 548 g/mol. The summed E-state index contributed by atoms with van der Waals surface area (Å²) in [4.78, 5) is 47.8. The van der Waals surface area contributed by atoms with Crippen LogP contribution in [0.15, 0.2) is 33.9 Å².